The van der Waals surface area contributed by atoms with E-state index in [-0.39, 0.29) is 30.1 Å². The average molecular weight is 510 g/mol. The minimum Gasteiger partial charge on any atom is -0.383 e. The lowest BCUT2D eigenvalue weighted by Crippen LogP contribution is -2.65. The summed E-state index contributed by atoms with van der Waals surface area (Å²) in [6, 6.07) is 6.34. The number of hydrogen-bond acceptors (Lipinski definition) is 3. The molecule has 0 spiro atoms. The standard InChI is InChI=1S/C27H28F5NO3/c1-24-13-20(14-2-4-15(5-3-14)23(33)35)22-18-9-7-17(34)12-16(18)6-8-19(22)21(24)10-11-25(24,36)26(28,29)27(30,31)32/h2-5,12,19-21,36H,6-11,13H2,1H3,(H2,33,35)/t19?,20-,21?,24+,25-/m1/s1. The summed E-state index contributed by atoms with van der Waals surface area (Å²) in [4.78, 5) is 23.7. The van der Waals surface area contributed by atoms with E-state index >= 15 is 0 Å². The Labute approximate surface area is 205 Å². The number of allylic oxidation sites excluding steroid dienone is 4. The Balaban J connectivity index is 1.69. The predicted molar refractivity (Wildman–Crippen MR) is 121 cm³/mol. The lowest BCUT2D eigenvalue weighted by molar-refractivity contribution is -0.362. The molecule has 2 saturated carbocycles. The molecule has 1 amide bonds. The Bertz CT molecular complexity index is 1180. The molecule has 0 aliphatic heterocycles. The van der Waals surface area contributed by atoms with Gasteiger partial charge in [0.05, 0.1) is 0 Å². The molecule has 4 aliphatic carbocycles. The van der Waals surface area contributed by atoms with Gasteiger partial charge in [0.25, 0.3) is 0 Å². The van der Waals surface area contributed by atoms with Gasteiger partial charge in [-0.15, -0.1) is 0 Å². The lowest BCUT2D eigenvalue weighted by atomic mass is 9.50. The van der Waals surface area contributed by atoms with Crippen LogP contribution in [0.2, 0.25) is 0 Å². The molecule has 2 fully saturated rings. The fourth-order valence-electron chi connectivity index (χ4n) is 7.59. The molecule has 194 valence electrons. The molecule has 0 radical (unpaired) electrons. The molecule has 1 aromatic carbocycles. The van der Waals surface area contributed by atoms with Crippen LogP contribution >= 0.6 is 0 Å². The summed E-state index contributed by atoms with van der Waals surface area (Å²) in [6.45, 7) is 1.38. The van der Waals surface area contributed by atoms with Crippen molar-refractivity contribution in [2.24, 2.45) is 23.0 Å². The normalized spacial score (nSPS) is 34.6. The SMILES string of the molecule is C[C@]12C[C@H](c3ccc(C(N)=O)cc3)C3=C4CCC(=O)C=C4CCC3C1CC[C@]2(O)C(F)(F)C(F)(F)F. The van der Waals surface area contributed by atoms with Crippen LogP contribution in [0.3, 0.4) is 0 Å². The summed E-state index contributed by atoms with van der Waals surface area (Å²) in [5.74, 6) is -7.28. The number of hydrogen-bond donors (Lipinski definition) is 2. The van der Waals surface area contributed by atoms with Gasteiger partial charge in [-0.3, -0.25) is 9.59 Å². The number of fused-ring (bicyclic) bond motifs is 4. The van der Waals surface area contributed by atoms with Crippen molar-refractivity contribution in [1.82, 2.24) is 0 Å². The minimum atomic E-state index is -5.89. The van der Waals surface area contributed by atoms with E-state index in [2.05, 4.69) is 0 Å². The molecular weight excluding hydrogens is 481 g/mol. The lowest BCUT2D eigenvalue weighted by Gasteiger charge is -2.56. The number of alkyl halides is 5. The van der Waals surface area contributed by atoms with Crippen LogP contribution in [0.4, 0.5) is 22.0 Å². The maximum Gasteiger partial charge on any atom is 0.456 e. The van der Waals surface area contributed by atoms with Crippen LogP contribution in [0.5, 0.6) is 0 Å². The van der Waals surface area contributed by atoms with Crippen molar-refractivity contribution in [1.29, 1.82) is 0 Å². The van der Waals surface area contributed by atoms with Gasteiger partial charge in [-0.25, -0.2) is 0 Å². The molecule has 4 nitrogen and oxygen atoms in total. The van der Waals surface area contributed by atoms with E-state index < -0.39 is 47.3 Å². The summed E-state index contributed by atoms with van der Waals surface area (Å²) in [6.07, 6.45) is -3.06. The monoisotopic (exact) mass is 509 g/mol. The predicted octanol–water partition coefficient (Wildman–Crippen LogP) is 5.61. The summed E-state index contributed by atoms with van der Waals surface area (Å²) in [7, 11) is 0. The Morgan fingerprint density at radius 1 is 1.06 bits per heavy atom. The third kappa shape index (κ3) is 3.34. The highest BCUT2D eigenvalue weighted by Crippen LogP contribution is 2.70. The topological polar surface area (TPSA) is 80.4 Å². The molecule has 9 heteroatoms. The number of aliphatic hydroxyl groups is 1. The maximum atomic E-state index is 15.0. The van der Waals surface area contributed by atoms with Gasteiger partial charge < -0.3 is 10.8 Å². The number of nitrogens with two attached hydrogens (primary N) is 1. The molecule has 36 heavy (non-hydrogen) atoms. The van der Waals surface area contributed by atoms with E-state index in [1.165, 1.54) is 19.1 Å². The highest BCUT2D eigenvalue weighted by Gasteiger charge is 2.79. The van der Waals surface area contributed by atoms with Crippen LogP contribution in [-0.4, -0.2) is 34.5 Å². The molecule has 2 unspecified atom stereocenters. The number of carbonyl (C=O) groups excluding carboxylic acids is 2. The van der Waals surface area contributed by atoms with Gasteiger partial charge in [0.1, 0.15) is 5.60 Å². The van der Waals surface area contributed by atoms with Crippen molar-refractivity contribution in [3.63, 3.8) is 0 Å². The van der Waals surface area contributed by atoms with Gasteiger partial charge in [0, 0.05) is 23.3 Å². The average Bonchev–Trinajstić information content (AvgIpc) is 3.09. The first-order chi connectivity index (χ1) is 16.7. The van der Waals surface area contributed by atoms with Crippen molar-refractivity contribution >= 4 is 11.7 Å². The Morgan fingerprint density at radius 3 is 2.33 bits per heavy atom. The molecule has 0 heterocycles. The number of amides is 1. The number of primary amides is 1. The van der Waals surface area contributed by atoms with Gasteiger partial charge in [0.15, 0.2) is 5.78 Å². The van der Waals surface area contributed by atoms with Crippen LogP contribution in [0.25, 0.3) is 0 Å². The molecule has 5 rings (SSSR count). The van der Waals surface area contributed by atoms with Crippen molar-refractivity contribution in [3.8, 4) is 0 Å². The van der Waals surface area contributed by atoms with E-state index in [0.717, 1.165) is 16.7 Å². The van der Waals surface area contributed by atoms with Gasteiger partial charge in [-0.05, 0) is 85.3 Å². The number of carbonyl (C=O) groups is 2. The van der Waals surface area contributed by atoms with Gasteiger partial charge in [-0.2, -0.15) is 22.0 Å². The Morgan fingerprint density at radius 2 is 1.72 bits per heavy atom. The van der Waals surface area contributed by atoms with Gasteiger partial charge >= 0.3 is 12.1 Å². The quantitative estimate of drug-likeness (QED) is 0.520. The third-order valence-corrected chi connectivity index (χ3v) is 9.36. The number of halogens is 5. The van der Waals surface area contributed by atoms with Crippen LogP contribution in [0.1, 0.15) is 73.7 Å². The zero-order valence-electron chi connectivity index (χ0n) is 19.8. The van der Waals surface area contributed by atoms with E-state index in [0.29, 0.717) is 31.2 Å². The summed E-state index contributed by atoms with van der Waals surface area (Å²) in [5, 5.41) is 11.2. The third-order valence-electron chi connectivity index (χ3n) is 9.36. The largest absolute Gasteiger partial charge is 0.456 e. The van der Waals surface area contributed by atoms with E-state index in [1.807, 2.05) is 0 Å². The molecule has 0 bridgehead atoms. The number of rotatable bonds is 3. The van der Waals surface area contributed by atoms with Gasteiger partial charge in [0.2, 0.25) is 5.91 Å². The van der Waals surface area contributed by atoms with Crippen molar-refractivity contribution in [3.05, 3.63) is 58.2 Å². The second-order valence-corrected chi connectivity index (χ2v) is 11.0. The van der Waals surface area contributed by atoms with Gasteiger partial charge in [-0.1, -0.05) is 24.6 Å². The fraction of sp³-hybridized carbons (Fsp3) is 0.556. The Kier molecular flexibility index (Phi) is 5.56. The Hall–Kier alpha value is -2.55. The van der Waals surface area contributed by atoms with Crippen molar-refractivity contribution in [2.75, 3.05) is 0 Å². The number of benzene rings is 1. The molecule has 4 aliphatic rings. The fourth-order valence-corrected chi connectivity index (χ4v) is 7.59. The minimum absolute atomic E-state index is 0.0240. The van der Waals surface area contributed by atoms with E-state index in [1.54, 1.807) is 18.2 Å². The zero-order valence-corrected chi connectivity index (χ0v) is 19.8. The van der Waals surface area contributed by atoms with E-state index in [4.69, 9.17) is 5.73 Å². The summed E-state index contributed by atoms with van der Waals surface area (Å²) >= 11 is 0. The zero-order chi connectivity index (χ0) is 26.3. The smallest absolute Gasteiger partial charge is 0.383 e. The molecular formula is C27H28F5NO3. The second-order valence-electron chi connectivity index (χ2n) is 11.0. The van der Waals surface area contributed by atoms with Crippen LogP contribution in [0, 0.1) is 17.3 Å². The van der Waals surface area contributed by atoms with Crippen molar-refractivity contribution < 1.29 is 36.6 Å². The highest BCUT2D eigenvalue weighted by molar-refractivity contribution is 5.93. The molecule has 5 atom stereocenters. The first-order valence-corrected chi connectivity index (χ1v) is 12.2. The van der Waals surface area contributed by atoms with Crippen LogP contribution in [0.15, 0.2) is 47.1 Å². The van der Waals surface area contributed by atoms with Crippen LogP contribution in [-0.2, 0) is 4.79 Å². The number of ketones is 1. The molecule has 0 saturated heterocycles. The molecule has 1 aromatic rings. The summed E-state index contributed by atoms with van der Waals surface area (Å²) in [5.41, 5.74) is 4.20. The second kappa shape index (κ2) is 7.97. The van der Waals surface area contributed by atoms with E-state index in [9.17, 15) is 36.6 Å². The molecule has 3 N–H and O–H groups in total. The first kappa shape index (κ1) is 25.1. The van der Waals surface area contributed by atoms with Crippen LogP contribution < -0.4 is 5.73 Å². The maximum absolute atomic E-state index is 15.0. The van der Waals surface area contributed by atoms with Crippen molar-refractivity contribution in [2.45, 2.75) is 75.5 Å². The first-order valence-electron chi connectivity index (χ1n) is 12.2. The highest BCUT2D eigenvalue weighted by atomic mass is 19.4. The summed E-state index contributed by atoms with van der Waals surface area (Å²) < 4.78 is 70.7. The molecule has 0 aromatic heterocycles.